The van der Waals surface area contributed by atoms with Crippen LogP contribution in [0.15, 0.2) is 0 Å². The molecule has 0 bridgehead atoms. The molecule has 4 unspecified atom stereocenters. The number of nitrogens with zero attached hydrogens (tertiary/aromatic N) is 1. The topological polar surface area (TPSA) is 32.7 Å². The number of ether oxygens (including phenoxy) is 1. The molecule has 2 rings (SSSR count). The van der Waals surface area contributed by atoms with Gasteiger partial charge >= 0.3 is 0 Å². The van der Waals surface area contributed by atoms with Gasteiger partial charge < -0.3 is 14.7 Å². The van der Waals surface area contributed by atoms with Crippen molar-refractivity contribution in [3.05, 3.63) is 0 Å². The lowest BCUT2D eigenvalue weighted by Crippen LogP contribution is -2.40. The van der Waals surface area contributed by atoms with Gasteiger partial charge in [-0.3, -0.25) is 0 Å². The standard InChI is InChI=1S/C18H35NO2/c1-14(2)17-8-7-15(3)11-18(17)21-13-16(20)12-19-9-5-4-6-10-19/h14-18,20H,4-13H2,1-3H3. The summed E-state index contributed by atoms with van der Waals surface area (Å²) in [6.07, 6.45) is 7.72. The van der Waals surface area contributed by atoms with Gasteiger partial charge in [-0.2, -0.15) is 0 Å². The smallest absolute Gasteiger partial charge is 0.0900 e. The van der Waals surface area contributed by atoms with Crippen molar-refractivity contribution in [1.29, 1.82) is 0 Å². The fraction of sp³-hybridized carbons (Fsp3) is 1.00. The Morgan fingerprint density at radius 1 is 1.14 bits per heavy atom. The molecule has 3 heteroatoms. The van der Waals surface area contributed by atoms with Gasteiger partial charge in [0.2, 0.25) is 0 Å². The Morgan fingerprint density at radius 2 is 1.86 bits per heavy atom. The van der Waals surface area contributed by atoms with Crippen LogP contribution < -0.4 is 0 Å². The number of hydrogen-bond acceptors (Lipinski definition) is 3. The van der Waals surface area contributed by atoms with Crippen molar-refractivity contribution >= 4 is 0 Å². The van der Waals surface area contributed by atoms with Crippen molar-refractivity contribution in [2.45, 2.75) is 71.5 Å². The molecular weight excluding hydrogens is 262 g/mol. The summed E-state index contributed by atoms with van der Waals surface area (Å²) in [5, 5.41) is 10.3. The summed E-state index contributed by atoms with van der Waals surface area (Å²) in [6, 6.07) is 0. The Morgan fingerprint density at radius 3 is 2.52 bits per heavy atom. The van der Waals surface area contributed by atoms with E-state index in [0.29, 0.717) is 24.5 Å². The lowest BCUT2D eigenvalue weighted by molar-refractivity contribution is -0.0744. The molecule has 1 saturated heterocycles. The molecule has 1 aliphatic carbocycles. The first-order chi connectivity index (χ1) is 10.1. The van der Waals surface area contributed by atoms with Crippen LogP contribution >= 0.6 is 0 Å². The fourth-order valence-corrected chi connectivity index (χ4v) is 4.03. The zero-order valence-electron chi connectivity index (χ0n) is 14.3. The van der Waals surface area contributed by atoms with Crippen molar-refractivity contribution in [3.8, 4) is 0 Å². The third-order valence-corrected chi connectivity index (χ3v) is 5.38. The number of piperidine rings is 1. The molecule has 1 aliphatic heterocycles. The first kappa shape index (κ1) is 17.2. The molecule has 0 aromatic carbocycles. The van der Waals surface area contributed by atoms with Gasteiger partial charge in [-0.1, -0.05) is 33.6 Å². The molecular formula is C18H35NO2. The molecule has 0 radical (unpaired) electrons. The van der Waals surface area contributed by atoms with E-state index in [0.717, 1.165) is 25.6 Å². The van der Waals surface area contributed by atoms with Crippen LogP contribution in [0.2, 0.25) is 0 Å². The van der Waals surface area contributed by atoms with Crippen molar-refractivity contribution in [3.63, 3.8) is 0 Å². The zero-order chi connectivity index (χ0) is 15.2. The van der Waals surface area contributed by atoms with E-state index in [1.165, 1.54) is 38.5 Å². The quantitative estimate of drug-likeness (QED) is 0.816. The van der Waals surface area contributed by atoms with E-state index < -0.39 is 0 Å². The number of likely N-dealkylation sites (tertiary alicyclic amines) is 1. The van der Waals surface area contributed by atoms with E-state index >= 15 is 0 Å². The molecule has 0 spiro atoms. The van der Waals surface area contributed by atoms with Crippen LogP contribution in [-0.2, 0) is 4.74 Å². The van der Waals surface area contributed by atoms with E-state index in [2.05, 4.69) is 25.7 Å². The van der Waals surface area contributed by atoms with Gasteiger partial charge in [0.15, 0.2) is 0 Å². The van der Waals surface area contributed by atoms with Crippen molar-refractivity contribution in [2.24, 2.45) is 17.8 Å². The molecule has 1 N–H and O–H groups in total. The molecule has 0 aromatic rings. The van der Waals surface area contributed by atoms with Gasteiger partial charge in [-0.15, -0.1) is 0 Å². The number of hydrogen-bond donors (Lipinski definition) is 1. The molecule has 4 atom stereocenters. The highest BCUT2D eigenvalue weighted by Gasteiger charge is 2.31. The van der Waals surface area contributed by atoms with E-state index in [9.17, 15) is 5.11 Å². The van der Waals surface area contributed by atoms with E-state index in [4.69, 9.17) is 4.74 Å². The van der Waals surface area contributed by atoms with Gasteiger partial charge in [0.1, 0.15) is 0 Å². The third kappa shape index (κ3) is 5.54. The first-order valence-electron chi connectivity index (χ1n) is 9.08. The van der Waals surface area contributed by atoms with E-state index in [1.54, 1.807) is 0 Å². The second-order valence-electron chi connectivity index (χ2n) is 7.71. The van der Waals surface area contributed by atoms with Gasteiger partial charge in [0, 0.05) is 6.54 Å². The monoisotopic (exact) mass is 297 g/mol. The second kappa shape index (κ2) is 8.50. The maximum Gasteiger partial charge on any atom is 0.0900 e. The van der Waals surface area contributed by atoms with Crippen molar-refractivity contribution in [2.75, 3.05) is 26.2 Å². The summed E-state index contributed by atoms with van der Waals surface area (Å²) in [5.74, 6) is 2.12. The zero-order valence-corrected chi connectivity index (χ0v) is 14.3. The lowest BCUT2D eigenvalue weighted by atomic mass is 9.75. The maximum atomic E-state index is 10.3. The Labute approximate surface area is 131 Å². The van der Waals surface area contributed by atoms with Crippen LogP contribution in [0, 0.1) is 17.8 Å². The molecule has 1 saturated carbocycles. The second-order valence-corrected chi connectivity index (χ2v) is 7.71. The Balaban J connectivity index is 1.73. The summed E-state index contributed by atoms with van der Waals surface area (Å²) in [7, 11) is 0. The molecule has 2 fully saturated rings. The van der Waals surface area contributed by atoms with Crippen LogP contribution in [0.4, 0.5) is 0 Å². The molecule has 0 amide bonds. The number of β-amino-alcohol motifs (C(OH)–C–C–N with tert-alkyl or cyclic N) is 1. The Hall–Kier alpha value is -0.120. The number of aliphatic hydroxyl groups excluding tert-OH is 1. The fourth-order valence-electron chi connectivity index (χ4n) is 4.03. The number of aliphatic hydroxyl groups is 1. The van der Waals surface area contributed by atoms with Gasteiger partial charge in [-0.25, -0.2) is 0 Å². The van der Waals surface area contributed by atoms with Crippen molar-refractivity contribution < 1.29 is 9.84 Å². The predicted molar refractivity (Wildman–Crippen MR) is 87.4 cm³/mol. The third-order valence-electron chi connectivity index (χ3n) is 5.38. The average molecular weight is 297 g/mol. The summed E-state index contributed by atoms with van der Waals surface area (Å²) in [5.41, 5.74) is 0. The minimum atomic E-state index is -0.326. The molecule has 2 aliphatic rings. The number of rotatable bonds is 6. The largest absolute Gasteiger partial charge is 0.389 e. The van der Waals surface area contributed by atoms with Gasteiger partial charge in [0.05, 0.1) is 18.8 Å². The summed E-state index contributed by atoms with van der Waals surface area (Å²) in [4.78, 5) is 2.39. The highest BCUT2D eigenvalue weighted by atomic mass is 16.5. The van der Waals surface area contributed by atoms with Crippen molar-refractivity contribution in [1.82, 2.24) is 4.90 Å². The Kier molecular flexibility index (Phi) is 6.97. The van der Waals surface area contributed by atoms with Crippen LogP contribution in [-0.4, -0.2) is 48.5 Å². The normalized spacial score (nSPS) is 33.3. The van der Waals surface area contributed by atoms with E-state index in [1.807, 2.05) is 0 Å². The van der Waals surface area contributed by atoms with Gasteiger partial charge in [-0.05, 0) is 56.5 Å². The van der Waals surface area contributed by atoms with Crippen LogP contribution in [0.3, 0.4) is 0 Å². The molecule has 3 nitrogen and oxygen atoms in total. The van der Waals surface area contributed by atoms with Crippen LogP contribution in [0.25, 0.3) is 0 Å². The highest BCUT2D eigenvalue weighted by molar-refractivity contribution is 4.82. The predicted octanol–water partition coefficient (Wildman–Crippen LogP) is 3.31. The lowest BCUT2D eigenvalue weighted by Gasteiger charge is -2.38. The van der Waals surface area contributed by atoms with E-state index in [-0.39, 0.29) is 6.10 Å². The summed E-state index contributed by atoms with van der Waals surface area (Å²) < 4.78 is 6.15. The summed E-state index contributed by atoms with van der Waals surface area (Å²) >= 11 is 0. The molecule has 21 heavy (non-hydrogen) atoms. The minimum absolute atomic E-state index is 0.326. The van der Waals surface area contributed by atoms with Gasteiger partial charge in [0.25, 0.3) is 0 Å². The van der Waals surface area contributed by atoms with Crippen LogP contribution in [0.5, 0.6) is 0 Å². The molecule has 0 aromatic heterocycles. The molecule has 124 valence electrons. The summed E-state index contributed by atoms with van der Waals surface area (Å²) in [6.45, 7) is 10.5. The minimum Gasteiger partial charge on any atom is -0.389 e. The van der Waals surface area contributed by atoms with Crippen LogP contribution in [0.1, 0.15) is 59.3 Å². The SMILES string of the molecule is CC1CCC(C(C)C)C(OCC(O)CN2CCCCC2)C1. The first-order valence-corrected chi connectivity index (χ1v) is 9.08. The Bertz CT molecular complexity index is 289. The average Bonchev–Trinajstić information content (AvgIpc) is 2.46. The highest BCUT2D eigenvalue weighted by Crippen LogP contribution is 2.35. The molecule has 1 heterocycles. The maximum absolute atomic E-state index is 10.3.